The van der Waals surface area contributed by atoms with Gasteiger partial charge in [-0.05, 0) is 42.6 Å². The Morgan fingerprint density at radius 2 is 2.04 bits per heavy atom. The van der Waals surface area contributed by atoms with Gasteiger partial charge in [0.25, 0.3) is 0 Å². The van der Waals surface area contributed by atoms with Crippen LogP contribution in [0.15, 0.2) is 40.8 Å². The minimum atomic E-state index is 0.643. The van der Waals surface area contributed by atoms with E-state index in [4.69, 9.17) is 4.99 Å². The summed E-state index contributed by atoms with van der Waals surface area (Å²) in [4.78, 5) is 15.5. The Balaban J connectivity index is 1.59. The SMILES string of the molecule is CCNC(=NCc1ccnc(N2CCN(CC)CC2)c1)NCc1cccs1. The number of aliphatic imine (C=N–C) groups is 1. The van der Waals surface area contributed by atoms with Gasteiger partial charge in [-0.1, -0.05) is 13.0 Å². The lowest BCUT2D eigenvalue weighted by Gasteiger charge is -2.34. The van der Waals surface area contributed by atoms with Gasteiger partial charge in [-0.3, -0.25) is 0 Å². The van der Waals surface area contributed by atoms with Crippen LogP contribution in [0.4, 0.5) is 5.82 Å². The van der Waals surface area contributed by atoms with Gasteiger partial charge in [0.05, 0.1) is 13.1 Å². The number of aromatic nitrogens is 1. The van der Waals surface area contributed by atoms with Crippen molar-refractivity contribution in [1.29, 1.82) is 0 Å². The zero-order valence-electron chi connectivity index (χ0n) is 16.3. The highest BCUT2D eigenvalue weighted by molar-refractivity contribution is 7.09. The summed E-state index contributed by atoms with van der Waals surface area (Å²) in [5, 5.41) is 8.81. The van der Waals surface area contributed by atoms with Gasteiger partial charge in [0.15, 0.2) is 5.96 Å². The molecule has 0 bridgehead atoms. The van der Waals surface area contributed by atoms with Crippen LogP contribution in [0.2, 0.25) is 0 Å². The quantitative estimate of drug-likeness (QED) is 0.566. The minimum Gasteiger partial charge on any atom is -0.357 e. The first-order valence-corrected chi connectivity index (χ1v) is 10.6. The fourth-order valence-corrected chi connectivity index (χ4v) is 3.77. The van der Waals surface area contributed by atoms with E-state index in [-0.39, 0.29) is 0 Å². The van der Waals surface area contributed by atoms with Gasteiger partial charge in [0.1, 0.15) is 5.82 Å². The van der Waals surface area contributed by atoms with Gasteiger partial charge in [-0.2, -0.15) is 0 Å². The number of anilines is 1. The number of rotatable bonds is 7. The molecule has 0 amide bonds. The largest absolute Gasteiger partial charge is 0.357 e. The lowest BCUT2D eigenvalue weighted by atomic mass is 10.2. The van der Waals surface area contributed by atoms with Gasteiger partial charge in [-0.25, -0.2) is 9.98 Å². The van der Waals surface area contributed by atoms with Crippen LogP contribution < -0.4 is 15.5 Å². The number of nitrogens with zero attached hydrogens (tertiary/aromatic N) is 4. The smallest absolute Gasteiger partial charge is 0.191 e. The van der Waals surface area contributed by atoms with E-state index in [1.54, 1.807) is 11.3 Å². The Morgan fingerprint density at radius 1 is 1.19 bits per heavy atom. The molecular weight excluding hydrogens is 356 g/mol. The third-order valence-electron chi connectivity index (χ3n) is 4.73. The minimum absolute atomic E-state index is 0.643. The van der Waals surface area contributed by atoms with Crippen molar-refractivity contribution < 1.29 is 0 Å². The van der Waals surface area contributed by atoms with Crippen molar-refractivity contribution in [2.24, 2.45) is 4.99 Å². The van der Waals surface area contributed by atoms with E-state index in [0.29, 0.717) is 6.54 Å². The van der Waals surface area contributed by atoms with Crippen molar-refractivity contribution in [1.82, 2.24) is 20.5 Å². The number of likely N-dealkylation sites (N-methyl/N-ethyl adjacent to an activating group) is 1. The lowest BCUT2D eigenvalue weighted by Crippen LogP contribution is -2.46. The Labute approximate surface area is 166 Å². The fourth-order valence-electron chi connectivity index (χ4n) is 3.12. The molecule has 0 spiro atoms. The predicted octanol–water partition coefficient (Wildman–Crippen LogP) is 2.54. The normalized spacial score (nSPS) is 15.8. The summed E-state index contributed by atoms with van der Waals surface area (Å²) in [6, 6.07) is 8.44. The van der Waals surface area contributed by atoms with Gasteiger partial charge < -0.3 is 20.4 Å². The van der Waals surface area contributed by atoms with Crippen molar-refractivity contribution in [2.45, 2.75) is 26.9 Å². The van der Waals surface area contributed by atoms with E-state index in [9.17, 15) is 0 Å². The third kappa shape index (κ3) is 5.94. The average Bonchev–Trinajstić information content (AvgIpc) is 3.24. The Hall–Kier alpha value is -2.12. The number of piperazine rings is 1. The maximum Gasteiger partial charge on any atom is 0.191 e. The zero-order valence-corrected chi connectivity index (χ0v) is 17.1. The molecule has 6 nitrogen and oxygen atoms in total. The summed E-state index contributed by atoms with van der Waals surface area (Å²) in [5.74, 6) is 1.91. The highest BCUT2D eigenvalue weighted by Crippen LogP contribution is 2.15. The highest BCUT2D eigenvalue weighted by atomic mass is 32.1. The van der Waals surface area contributed by atoms with Gasteiger partial charge in [0, 0.05) is 43.8 Å². The fraction of sp³-hybridized carbons (Fsp3) is 0.500. The maximum atomic E-state index is 4.74. The molecule has 1 saturated heterocycles. The van der Waals surface area contributed by atoms with E-state index in [1.807, 2.05) is 6.20 Å². The number of hydrogen-bond acceptors (Lipinski definition) is 5. The molecule has 0 atom stereocenters. The van der Waals surface area contributed by atoms with Crippen LogP contribution in [0.3, 0.4) is 0 Å². The summed E-state index contributed by atoms with van der Waals surface area (Å²) >= 11 is 1.75. The second-order valence-electron chi connectivity index (χ2n) is 6.57. The molecular formula is C20H30N6S. The van der Waals surface area contributed by atoms with Crippen LogP contribution in [0.25, 0.3) is 0 Å². The molecule has 1 aliphatic heterocycles. The molecule has 0 unspecified atom stereocenters. The Kier molecular flexibility index (Phi) is 7.47. The van der Waals surface area contributed by atoms with Crippen molar-refractivity contribution in [2.75, 3.05) is 44.2 Å². The maximum absolute atomic E-state index is 4.74. The zero-order chi connectivity index (χ0) is 18.9. The molecule has 146 valence electrons. The van der Waals surface area contributed by atoms with Gasteiger partial charge >= 0.3 is 0 Å². The Morgan fingerprint density at radius 3 is 2.74 bits per heavy atom. The van der Waals surface area contributed by atoms with E-state index in [0.717, 1.165) is 57.6 Å². The van der Waals surface area contributed by atoms with Gasteiger partial charge in [-0.15, -0.1) is 11.3 Å². The van der Waals surface area contributed by atoms with Gasteiger partial charge in [0.2, 0.25) is 0 Å². The van der Waals surface area contributed by atoms with Crippen LogP contribution in [-0.4, -0.2) is 55.1 Å². The highest BCUT2D eigenvalue weighted by Gasteiger charge is 2.16. The van der Waals surface area contributed by atoms with Crippen LogP contribution in [-0.2, 0) is 13.1 Å². The standard InChI is InChI=1S/C20H30N6S/c1-3-21-20(24-16-18-6-5-13-27-18)23-15-17-7-8-22-19(14-17)26-11-9-25(4-2)10-12-26/h5-8,13-14H,3-4,9-12,15-16H2,1-2H3,(H2,21,23,24). The summed E-state index contributed by atoms with van der Waals surface area (Å²) < 4.78 is 0. The molecule has 3 heterocycles. The molecule has 2 N–H and O–H groups in total. The average molecular weight is 387 g/mol. The Bertz CT molecular complexity index is 707. The molecule has 2 aromatic rings. The summed E-state index contributed by atoms with van der Waals surface area (Å²) in [5.41, 5.74) is 1.19. The molecule has 3 rings (SSSR count). The van der Waals surface area contributed by atoms with Crippen LogP contribution >= 0.6 is 11.3 Å². The number of nitrogens with one attached hydrogen (secondary N) is 2. The van der Waals surface area contributed by atoms with E-state index in [2.05, 4.69) is 68.9 Å². The summed E-state index contributed by atoms with van der Waals surface area (Å²) in [7, 11) is 0. The molecule has 27 heavy (non-hydrogen) atoms. The molecule has 0 aliphatic carbocycles. The monoisotopic (exact) mass is 386 g/mol. The molecule has 2 aromatic heterocycles. The van der Waals surface area contributed by atoms with Crippen molar-refractivity contribution >= 4 is 23.1 Å². The molecule has 1 fully saturated rings. The predicted molar refractivity (Wildman–Crippen MR) is 115 cm³/mol. The number of guanidine groups is 1. The summed E-state index contributed by atoms with van der Waals surface area (Å²) in [6.07, 6.45) is 1.90. The first-order valence-electron chi connectivity index (χ1n) is 9.75. The first kappa shape index (κ1) is 19.6. The van der Waals surface area contributed by atoms with Crippen molar-refractivity contribution in [3.05, 3.63) is 46.3 Å². The third-order valence-corrected chi connectivity index (χ3v) is 5.60. The topological polar surface area (TPSA) is 55.8 Å². The second-order valence-corrected chi connectivity index (χ2v) is 7.60. The number of thiophene rings is 1. The van der Waals surface area contributed by atoms with Crippen molar-refractivity contribution in [3.8, 4) is 0 Å². The van der Waals surface area contributed by atoms with E-state index in [1.165, 1.54) is 10.4 Å². The molecule has 0 radical (unpaired) electrons. The first-order chi connectivity index (χ1) is 13.3. The molecule has 0 aromatic carbocycles. The molecule has 0 saturated carbocycles. The van der Waals surface area contributed by atoms with Crippen molar-refractivity contribution in [3.63, 3.8) is 0 Å². The van der Waals surface area contributed by atoms with E-state index < -0.39 is 0 Å². The second kappa shape index (κ2) is 10.3. The van der Waals surface area contributed by atoms with Crippen LogP contribution in [0, 0.1) is 0 Å². The molecule has 7 heteroatoms. The number of pyridine rings is 1. The van der Waals surface area contributed by atoms with Crippen LogP contribution in [0.5, 0.6) is 0 Å². The van der Waals surface area contributed by atoms with E-state index >= 15 is 0 Å². The van der Waals surface area contributed by atoms with Crippen LogP contribution in [0.1, 0.15) is 24.3 Å². The lowest BCUT2D eigenvalue weighted by molar-refractivity contribution is 0.270. The number of hydrogen-bond donors (Lipinski definition) is 2. The molecule has 1 aliphatic rings. The summed E-state index contributed by atoms with van der Waals surface area (Å²) in [6.45, 7) is 12.0.